The van der Waals surface area contributed by atoms with Gasteiger partial charge in [0.1, 0.15) is 5.56 Å². The Morgan fingerprint density at radius 1 is 0.968 bits per heavy atom. The minimum Gasteiger partial charge on any atom is -0.274 e. The third-order valence-electron chi connectivity index (χ3n) is 6.98. The third kappa shape index (κ3) is 2.86. The van der Waals surface area contributed by atoms with Gasteiger partial charge in [-0.1, -0.05) is 30.3 Å². The van der Waals surface area contributed by atoms with Crippen LogP contribution in [0.15, 0.2) is 48.5 Å². The van der Waals surface area contributed by atoms with Crippen LogP contribution in [0.1, 0.15) is 29.9 Å². The Bertz CT molecular complexity index is 1100. The molecule has 2 amide bonds. The Labute approximate surface area is 174 Å². The largest absolute Gasteiger partial charge is 0.423 e. The maximum Gasteiger partial charge on any atom is 0.423 e. The number of halogens is 3. The molecule has 9 heteroatoms. The van der Waals surface area contributed by atoms with Crippen molar-refractivity contribution in [2.24, 2.45) is 23.7 Å². The van der Waals surface area contributed by atoms with Crippen LogP contribution in [0.4, 0.5) is 24.5 Å². The molecule has 3 fully saturated rings. The monoisotopic (exact) mass is 430 g/mol. The molecule has 5 unspecified atom stereocenters. The van der Waals surface area contributed by atoms with Gasteiger partial charge in [0.05, 0.1) is 22.4 Å². The Morgan fingerprint density at radius 3 is 2.29 bits per heavy atom. The summed E-state index contributed by atoms with van der Waals surface area (Å²) in [6.45, 7) is 0. The van der Waals surface area contributed by atoms with Crippen molar-refractivity contribution in [3.05, 3.63) is 69.8 Å². The van der Waals surface area contributed by atoms with Crippen molar-refractivity contribution in [2.75, 3.05) is 4.90 Å². The van der Waals surface area contributed by atoms with Gasteiger partial charge in [0.15, 0.2) is 0 Å². The van der Waals surface area contributed by atoms with Crippen LogP contribution in [0.2, 0.25) is 0 Å². The second-order valence-corrected chi connectivity index (χ2v) is 8.43. The number of nitrogens with zero attached hydrogens (tertiary/aromatic N) is 2. The van der Waals surface area contributed by atoms with Crippen molar-refractivity contribution in [1.82, 2.24) is 0 Å². The number of nitro groups is 1. The fourth-order valence-electron chi connectivity index (χ4n) is 5.85. The van der Waals surface area contributed by atoms with E-state index in [4.69, 9.17) is 0 Å². The minimum atomic E-state index is -4.99. The molecular formula is C22H17F3N2O4. The predicted octanol–water partition coefficient (Wildman–Crippen LogP) is 4.54. The van der Waals surface area contributed by atoms with E-state index in [9.17, 15) is 32.9 Å². The summed E-state index contributed by atoms with van der Waals surface area (Å²) < 4.78 is 40.1. The number of rotatable bonds is 3. The molecular weight excluding hydrogens is 413 g/mol. The number of nitro benzene ring substituents is 1. The summed E-state index contributed by atoms with van der Waals surface area (Å²) in [4.78, 5) is 37.0. The standard InChI is InChI=1S/C22H17F3N2O4/c23-22(24,25)16-10-13(6-7-17(16)27(30)31)26-20(28)18-12-8-14(11-4-2-1-3-5-11)15(9-12)19(18)21(26)29/h1-7,10,12,14-15,18-19H,8-9H2. The van der Waals surface area contributed by atoms with E-state index in [2.05, 4.69) is 0 Å². The maximum atomic E-state index is 13.4. The summed E-state index contributed by atoms with van der Waals surface area (Å²) in [6.07, 6.45) is -3.48. The number of carbonyl (C=O) groups is 2. The van der Waals surface area contributed by atoms with Crippen molar-refractivity contribution in [3.63, 3.8) is 0 Å². The zero-order valence-electron chi connectivity index (χ0n) is 16.1. The number of imide groups is 1. The number of benzene rings is 2. The van der Waals surface area contributed by atoms with E-state index in [1.165, 1.54) is 0 Å². The van der Waals surface area contributed by atoms with Crippen LogP contribution in [0.5, 0.6) is 0 Å². The number of amides is 2. The molecule has 5 atom stereocenters. The Hall–Kier alpha value is -3.23. The first-order valence-electron chi connectivity index (χ1n) is 9.97. The van der Waals surface area contributed by atoms with E-state index < -0.39 is 46.0 Å². The van der Waals surface area contributed by atoms with E-state index in [1.807, 2.05) is 30.3 Å². The van der Waals surface area contributed by atoms with Crippen LogP contribution >= 0.6 is 0 Å². The van der Waals surface area contributed by atoms with Gasteiger partial charge in [-0.2, -0.15) is 13.2 Å². The highest BCUT2D eigenvalue weighted by molar-refractivity contribution is 6.22. The van der Waals surface area contributed by atoms with Gasteiger partial charge in [-0.3, -0.25) is 24.6 Å². The van der Waals surface area contributed by atoms with Crippen LogP contribution in [0, 0.1) is 33.8 Å². The van der Waals surface area contributed by atoms with E-state index in [0.29, 0.717) is 12.1 Å². The highest BCUT2D eigenvalue weighted by Crippen LogP contribution is 2.62. The van der Waals surface area contributed by atoms with Gasteiger partial charge in [-0.15, -0.1) is 0 Å². The summed E-state index contributed by atoms with van der Waals surface area (Å²) in [5, 5.41) is 11.0. The van der Waals surface area contributed by atoms with Crippen molar-refractivity contribution in [3.8, 4) is 0 Å². The van der Waals surface area contributed by atoms with E-state index in [1.54, 1.807) is 0 Å². The quantitative estimate of drug-likeness (QED) is 0.407. The van der Waals surface area contributed by atoms with Crippen molar-refractivity contribution >= 4 is 23.2 Å². The molecule has 0 aromatic heterocycles. The Morgan fingerprint density at radius 2 is 1.65 bits per heavy atom. The highest BCUT2D eigenvalue weighted by Gasteiger charge is 2.64. The average molecular weight is 430 g/mol. The van der Waals surface area contributed by atoms with E-state index in [-0.39, 0.29) is 23.4 Å². The second-order valence-electron chi connectivity index (χ2n) is 8.43. The number of anilines is 1. The van der Waals surface area contributed by atoms with Gasteiger partial charge in [-0.05, 0) is 48.3 Å². The minimum absolute atomic E-state index is 0.00166. The zero-order chi connectivity index (χ0) is 22.1. The summed E-state index contributed by atoms with van der Waals surface area (Å²) >= 11 is 0. The molecule has 0 N–H and O–H groups in total. The van der Waals surface area contributed by atoms with Gasteiger partial charge in [0, 0.05) is 6.07 Å². The molecule has 160 valence electrons. The fourth-order valence-corrected chi connectivity index (χ4v) is 5.85. The molecule has 3 aliphatic rings. The highest BCUT2D eigenvalue weighted by atomic mass is 19.4. The molecule has 1 aliphatic heterocycles. The molecule has 2 aromatic carbocycles. The molecule has 1 saturated heterocycles. The maximum absolute atomic E-state index is 13.4. The molecule has 2 aliphatic carbocycles. The number of carbonyl (C=O) groups excluding carboxylic acids is 2. The molecule has 6 nitrogen and oxygen atoms in total. The molecule has 2 saturated carbocycles. The summed E-state index contributed by atoms with van der Waals surface area (Å²) in [6, 6.07) is 12.0. The first-order chi connectivity index (χ1) is 14.7. The normalized spacial score (nSPS) is 29.5. The topological polar surface area (TPSA) is 80.5 Å². The Balaban J connectivity index is 1.51. The smallest absolute Gasteiger partial charge is 0.274 e. The molecule has 0 radical (unpaired) electrons. The first kappa shape index (κ1) is 19.7. The lowest BCUT2D eigenvalue weighted by Gasteiger charge is -2.28. The Kier molecular flexibility index (Phi) is 4.22. The van der Waals surface area contributed by atoms with Gasteiger partial charge in [0.25, 0.3) is 5.69 Å². The number of hydrogen-bond acceptors (Lipinski definition) is 4. The summed E-state index contributed by atoms with van der Waals surface area (Å²) in [5.41, 5.74) is -1.75. The number of fused-ring (bicyclic) bond motifs is 5. The van der Waals surface area contributed by atoms with E-state index >= 15 is 0 Å². The van der Waals surface area contributed by atoms with Crippen molar-refractivity contribution < 1.29 is 27.7 Å². The van der Waals surface area contributed by atoms with Crippen LogP contribution in [0.25, 0.3) is 0 Å². The summed E-state index contributed by atoms with van der Waals surface area (Å²) in [7, 11) is 0. The number of hydrogen-bond donors (Lipinski definition) is 0. The van der Waals surface area contributed by atoms with Crippen LogP contribution < -0.4 is 4.90 Å². The third-order valence-corrected chi connectivity index (χ3v) is 6.98. The lowest BCUT2D eigenvalue weighted by Crippen LogP contribution is -2.33. The molecule has 2 aromatic rings. The second kappa shape index (κ2) is 6.63. The molecule has 0 spiro atoms. The lowest BCUT2D eigenvalue weighted by atomic mass is 9.73. The molecule has 31 heavy (non-hydrogen) atoms. The van der Waals surface area contributed by atoms with Crippen LogP contribution in [-0.2, 0) is 15.8 Å². The van der Waals surface area contributed by atoms with Gasteiger partial charge in [-0.25, -0.2) is 0 Å². The fraction of sp³-hybridized carbons (Fsp3) is 0.364. The number of alkyl halides is 3. The molecule has 5 rings (SSSR count). The van der Waals surface area contributed by atoms with Crippen LogP contribution in [-0.4, -0.2) is 16.7 Å². The van der Waals surface area contributed by atoms with Gasteiger partial charge < -0.3 is 0 Å². The summed E-state index contributed by atoms with van der Waals surface area (Å²) in [5.74, 6) is -2.03. The predicted molar refractivity (Wildman–Crippen MR) is 103 cm³/mol. The van der Waals surface area contributed by atoms with Crippen molar-refractivity contribution in [1.29, 1.82) is 0 Å². The first-order valence-corrected chi connectivity index (χ1v) is 9.97. The lowest BCUT2D eigenvalue weighted by molar-refractivity contribution is -0.388. The van der Waals surface area contributed by atoms with E-state index in [0.717, 1.165) is 29.4 Å². The van der Waals surface area contributed by atoms with Gasteiger partial charge in [0.2, 0.25) is 11.8 Å². The molecule has 1 heterocycles. The molecule has 2 bridgehead atoms. The van der Waals surface area contributed by atoms with Crippen molar-refractivity contribution in [2.45, 2.75) is 24.9 Å². The van der Waals surface area contributed by atoms with Crippen LogP contribution in [0.3, 0.4) is 0 Å². The average Bonchev–Trinajstić information content (AvgIpc) is 3.39. The SMILES string of the molecule is O=C1C2C3CC(c4ccccc4)C(C3)C2C(=O)N1c1ccc([N+](=O)[O-])c(C(F)(F)F)c1. The van der Waals surface area contributed by atoms with Gasteiger partial charge >= 0.3 is 6.18 Å². The zero-order valence-corrected chi connectivity index (χ0v) is 16.1.